The van der Waals surface area contributed by atoms with Gasteiger partial charge in [-0.2, -0.15) is 4.98 Å². The minimum absolute atomic E-state index is 0.0849. The molecule has 0 bridgehead atoms. The number of pyridine rings is 1. The molecule has 10 heteroatoms. The summed E-state index contributed by atoms with van der Waals surface area (Å²) in [5.41, 5.74) is 2.87. The number of ether oxygens (including phenoxy) is 1. The first-order chi connectivity index (χ1) is 16.9. The van der Waals surface area contributed by atoms with Crippen molar-refractivity contribution < 1.29 is 14.1 Å². The molecule has 0 aliphatic heterocycles. The summed E-state index contributed by atoms with van der Waals surface area (Å²) in [7, 11) is 0. The summed E-state index contributed by atoms with van der Waals surface area (Å²) in [5, 5.41) is 18.1. The van der Waals surface area contributed by atoms with E-state index in [1.54, 1.807) is 0 Å². The zero-order chi connectivity index (χ0) is 24.5. The summed E-state index contributed by atoms with van der Waals surface area (Å²) in [5.74, 6) is 2.56. The molecule has 3 aromatic heterocycles. The maximum atomic E-state index is 12.6. The number of rotatable bonds is 6. The number of carbonyl (C=O) groups is 1. The topological polar surface area (TPSA) is 119 Å². The summed E-state index contributed by atoms with van der Waals surface area (Å²) in [6, 6.07) is 11.4. The lowest BCUT2D eigenvalue weighted by Crippen LogP contribution is -2.35. The highest BCUT2D eigenvalue weighted by molar-refractivity contribution is 5.87. The van der Waals surface area contributed by atoms with Crippen molar-refractivity contribution in [3.63, 3.8) is 0 Å². The second kappa shape index (κ2) is 9.36. The molecule has 0 spiro atoms. The molecule has 0 saturated heterocycles. The van der Waals surface area contributed by atoms with Gasteiger partial charge in [0, 0.05) is 11.8 Å². The van der Waals surface area contributed by atoms with Gasteiger partial charge in [0.2, 0.25) is 0 Å². The van der Waals surface area contributed by atoms with Crippen LogP contribution in [-0.4, -0.2) is 30.8 Å². The van der Waals surface area contributed by atoms with Gasteiger partial charge in [-0.15, -0.1) is 10.2 Å². The van der Waals surface area contributed by atoms with Crippen molar-refractivity contribution in [2.24, 2.45) is 0 Å². The number of nitrogens with one attached hydrogen (secondary N) is 2. The van der Waals surface area contributed by atoms with Crippen LogP contribution in [0.4, 0.5) is 10.8 Å². The molecular weight excluding hydrogens is 446 g/mol. The molecule has 10 nitrogen and oxygen atoms in total. The quantitative estimate of drug-likeness (QED) is 0.396. The normalized spacial score (nSPS) is 17.5. The first kappa shape index (κ1) is 22.8. The van der Waals surface area contributed by atoms with Crippen molar-refractivity contribution in [3.05, 3.63) is 65.4 Å². The Morgan fingerprint density at radius 2 is 1.86 bits per heavy atom. The fraction of sp³-hybridized carbons (Fsp3) is 0.400. The van der Waals surface area contributed by atoms with Crippen LogP contribution < -0.4 is 15.4 Å². The average Bonchev–Trinajstić information content (AvgIpc) is 3.48. The van der Waals surface area contributed by atoms with Crippen LogP contribution in [0, 0.1) is 0 Å². The number of aromatic nitrogens is 5. The summed E-state index contributed by atoms with van der Waals surface area (Å²) < 4.78 is 13.5. The molecule has 0 radical (unpaired) electrons. The van der Waals surface area contributed by atoms with E-state index in [9.17, 15) is 4.79 Å². The maximum Gasteiger partial charge on any atom is 0.329 e. The number of fused-ring (bicyclic) bond motifs is 2. The largest absolute Gasteiger partial charge is 0.484 e. The van der Waals surface area contributed by atoms with Crippen LogP contribution in [-0.2, 0) is 0 Å². The van der Waals surface area contributed by atoms with Gasteiger partial charge in [-0.25, -0.2) is 4.79 Å². The molecule has 0 saturated carbocycles. The molecule has 2 N–H and O–H groups in total. The molecule has 182 valence electrons. The van der Waals surface area contributed by atoms with Crippen LogP contribution in [0.1, 0.15) is 87.3 Å². The Bertz CT molecular complexity index is 1340. The lowest BCUT2D eigenvalue weighted by molar-refractivity contribution is 0.171. The highest BCUT2D eigenvalue weighted by Crippen LogP contribution is 2.39. The van der Waals surface area contributed by atoms with Crippen LogP contribution >= 0.6 is 0 Å². The molecule has 1 aliphatic carbocycles. The molecule has 0 unspecified atom stereocenters. The monoisotopic (exact) mass is 475 g/mol. The highest BCUT2D eigenvalue weighted by Gasteiger charge is 2.30. The van der Waals surface area contributed by atoms with Crippen molar-refractivity contribution in [2.75, 3.05) is 5.32 Å². The van der Waals surface area contributed by atoms with E-state index in [2.05, 4.69) is 50.9 Å². The Morgan fingerprint density at radius 3 is 2.60 bits per heavy atom. The van der Waals surface area contributed by atoms with Gasteiger partial charge < -0.3 is 14.6 Å². The number of amides is 2. The second-order valence-electron chi connectivity index (χ2n) is 9.38. The first-order valence-electron chi connectivity index (χ1n) is 11.9. The van der Waals surface area contributed by atoms with Gasteiger partial charge in [0.15, 0.2) is 11.5 Å². The van der Waals surface area contributed by atoms with Gasteiger partial charge in [-0.05, 0) is 36.1 Å². The Hall–Kier alpha value is -3.95. The summed E-state index contributed by atoms with van der Waals surface area (Å²) >= 11 is 0. The minimum Gasteiger partial charge on any atom is -0.484 e. The SMILES string of the molecule is CC(C)c1noc(NC(=O)N[C@H]2CC[C@H](Oc3ccc4nnc(C(C)C)n4c3)c3ccccc32)n1. The van der Waals surface area contributed by atoms with Crippen molar-refractivity contribution >= 4 is 17.7 Å². The van der Waals surface area contributed by atoms with E-state index in [4.69, 9.17) is 9.26 Å². The van der Waals surface area contributed by atoms with Crippen LogP contribution in [0.25, 0.3) is 5.65 Å². The van der Waals surface area contributed by atoms with E-state index < -0.39 is 0 Å². The van der Waals surface area contributed by atoms with E-state index >= 15 is 0 Å². The van der Waals surface area contributed by atoms with Gasteiger partial charge in [0.1, 0.15) is 17.7 Å². The minimum atomic E-state index is -0.387. The highest BCUT2D eigenvalue weighted by atomic mass is 16.5. The predicted molar refractivity (Wildman–Crippen MR) is 129 cm³/mol. The van der Waals surface area contributed by atoms with Gasteiger partial charge >= 0.3 is 12.0 Å². The molecule has 3 heterocycles. The third kappa shape index (κ3) is 4.68. The molecule has 35 heavy (non-hydrogen) atoms. The lowest BCUT2D eigenvalue weighted by atomic mass is 9.85. The number of nitrogens with zero attached hydrogens (tertiary/aromatic N) is 5. The van der Waals surface area contributed by atoms with Crippen LogP contribution in [0.2, 0.25) is 0 Å². The Labute approximate surface area is 203 Å². The van der Waals surface area contributed by atoms with Gasteiger partial charge in [0.05, 0.1) is 12.2 Å². The standard InChI is InChI=1S/C25H29N7O3/c1-14(2)22-27-25(35-31-22)28-24(33)26-19-10-11-20(18-8-6-5-7-17(18)19)34-16-9-12-21-29-30-23(15(3)4)32(21)13-16/h5-9,12-15,19-20H,10-11H2,1-4H3,(H2,26,27,28,31,33)/t19-,20-/m0/s1. The smallest absolute Gasteiger partial charge is 0.329 e. The maximum absolute atomic E-state index is 12.6. The summed E-state index contributed by atoms with van der Waals surface area (Å²) in [6.45, 7) is 8.10. The van der Waals surface area contributed by atoms with Crippen molar-refractivity contribution in [3.8, 4) is 5.75 Å². The van der Waals surface area contributed by atoms with Crippen molar-refractivity contribution in [1.82, 2.24) is 30.1 Å². The van der Waals surface area contributed by atoms with Gasteiger partial charge in [-0.1, -0.05) is 57.1 Å². The van der Waals surface area contributed by atoms with E-state index in [0.717, 1.165) is 41.2 Å². The number of urea groups is 1. The zero-order valence-electron chi connectivity index (χ0n) is 20.2. The zero-order valence-corrected chi connectivity index (χ0v) is 20.2. The van der Waals surface area contributed by atoms with Gasteiger partial charge in [0.25, 0.3) is 0 Å². The Morgan fingerprint density at radius 1 is 1.06 bits per heavy atom. The fourth-order valence-electron chi connectivity index (χ4n) is 4.35. The van der Waals surface area contributed by atoms with Crippen LogP contribution in [0.3, 0.4) is 0 Å². The Balaban J connectivity index is 1.31. The molecule has 4 aromatic rings. The van der Waals surface area contributed by atoms with Gasteiger partial charge in [-0.3, -0.25) is 9.72 Å². The molecule has 2 atom stereocenters. The van der Waals surface area contributed by atoms with E-state index in [0.29, 0.717) is 5.82 Å². The number of benzene rings is 1. The molecule has 1 aromatic carbocycles. The Kier molecular flexibility index (Phi) is 6.10. The third-order valence-electron chi connectivity index (χ3n) is 6.12. The molecule has 2 amide bonds. The van der Waals surface area contributed by atoms with E-state index in [1.807, 2.05) is 54.8 Å². The number of hydrogen-bond acceptors (Lipinski definition) is 7. The van der Waals surface area contributed by atoms with E-state index in [-0.39, 0.29) is 36.0 Å². The van der Waals surface area contributed by atoms with Crippen molar-refractivity contribution in [2.45, 2.75) is 64.5 Å². The average molecular weight is 476 g/mol. The van der Waals surface area contributed by atoms with Crippen molar-refractivity contribution in [1.29, 1.82) is 0 Å². The van der Waals surface area contributed by atoms with Crippen LogP contribution in [0.5, 0.6) is 5.75 Å². The number of hydrogen-bond donors (Lipinski definition) is 2. The molecule has 1 aliphatic rings. The molecule has 5 rings (SSSR count). The number of anilines is 1. The molecule has 0 fully saturated rings. The third-order valence-corrected chi connectivity index (χ3v) is 6.12. The summed E-state index contributed by atoms with van der Waals surface area (Å²) in [4.78, 5) is 16.8. The van der Waals surface area contributed by atoms with E-state index in [1.165, 1.54) is 0 Å². The first-order valence-corrected chi connectivity index (χ1v) is 11.9. The second-order valence-corrected chi connectivity index (χ2v) is 9.38. The summed E-state index contributed by atoms with van der Waals surface area (Å²) in [6.07, 6.45) is 3.29. The lowest BCUT2D eigenvalue weighted by Gasteiger charge is -2.32. The van der Waals surface area contributed by atoms with Crippen LogP contribution in [0.15, 0.2) is 47.1 Å². The molecular formula is C25H29N7O3. The predicted octanol–water partition coefficient (Wildman–Crippen LogP) is 5.14. The fourth-order valence-corrected chi connectivity index (χ4v) is 4.35. The number of carbonyl (C=O) groups excluding carboxylic acids is 1.